The molecule has 0 saturated carbocycles. The molecular weight excluding hydrogens is 1290 g/mol. The van der Waals surface area contributed by atoms with E-state index >= 15 is 0 Å². The van der Waals surface area contributed by atoms with Crippen molar-refractivity contribution >= 4 is 173 Å². The summed E-state index contributed by atoms with van der Waals surface area (Å²) in [6.45, 7) is 0. The Balaban J connectivity index is 0.000000131. The quantitative estimate of drug-likeness (QED) is 0.166. The Kier molecular flexibility index (Phi) is 12.8. The van der Waals surface area contributed by atoms with Gasteiger partial charge in [0, 0.05) is 96.6 Å². The van der Waals surface area contributed by atoms with Crippen molar-refractivity contribution in [2.45, 2.75) is 0 Å². The number of para-hydroxylation sites is 4. The predicted octanol–water partition coefficient (Wildman–Crippen LogP) is 26.2. The van der Waals surface area contributed by atoms with Gasteiger partial charge in [-0.2, -0.15) is 0 Å². The lowest BCUT2D eigenvalue weighted by Crippen LogP contribution is -1.99. The summed E-state index contributed by atoms with van der Waals surface area (Å²) in [6, 6.07) is 121. The summed E-state index contributed by atoms with van der Waals surface area (Å²) < 4.78 is 13.9. The molecule has 0 aliphatic rings. The molecule has 0 radical (unpaired) electrons. The highest BCUT2D eigenvalue weighted by molar-refractivity contribution is 7.25. The molecule has 7 nitrogen and oxygen atoms in total. The third kappa shape index (κ3) is 8.89. The Morgan fingerprint density at radius 1 is 0.260 bits per heavy atom. The van der Waals surface area contributed by atoms with Gasteiger partial charge in [-0.25, -0.2) is 19.9 Å². The zero-order valence-electron chi connectivity index (χ0n) is 55.8. The second-order valence-electron chi connectivity index (χ2n) is 27.0. The van der Waals surface area contributed by atoms with E-state index in [0.717, 1.165) is 105 Å². The summed E-state index contributed by atoms with van der Waals surface area (Å²) in [7, 11) is 0. The topological polar surface area (TPSA) is 74.6 Å². The number of aromatic nitrogens is 6. The van der Waals surface area contributed by atoms with Gasteiger partial charge in [0.2, 0.25) is 0 Å². The maximum atomic E-state index is 6.48. The maximum Gasteiger partial charge on any atom is 0.161 e. The molecule has 482 valence electrons. The highest BCUT2D eigenvalue weighted by atomic mass is 32.1. The molecule has 0 aliphatic carbocycles. The van der Waals surface area contributed by atoms with Crippen LogP contribution in [0.3, 0.4) is 0 Å². The van der Waals surface area contributed by atoms with Gasteiger partial charge < -0.3 is 13.6 Å². The Morgan fingerprint density at radius 2 is 0.731 bits per heavy atom. The van der Waals surface area contributed by atoms with E-state index in [4.69, 9.17) is 24.4 Å². The Morgan fingerprint density at radius 3 is 1.36 bits per heavy atom. The van der Waals surface area contributed by atoms with Crippen LogP contribution in [0, 0.1) is 0 Å². The molecule has 0 spiro atoms. The predicted molar refractivity (Wildman–Crippen MR) is 437 cm³/mol. The van der Waals surface area contributed by atoms with Gasteiger partial charge in [-0.05, 0) is 133 Å². The minimum atomic E-state index is 0.672. The van der Waals surface area contributed by atoms with Crippen LogP contribution in [0.5, 0.6) is 0 Å². The van der Waals surface area contributed by atoms with Crippen LogP contribution < -0.4 is 0 Å². The van der Waals surface area contributed by atoms with Gasteiger partial charge in [-0.3, -0.25) is 0 Å². The standard InChI is InChI=1S/C50H29N3S.C46H27N3O/c1-3-13-33-30(11-1)22-26-43-47(33)48-34-14-4-2-12-31(34)23-27-44(48)53(43)42-28-25-39(35-15-5-6-16-36(35)42)50-51-41-19-9-7-18-40(41)49(52-50)32-21-24-38-37-17-8-10-20-45(37)54-46(38)29-32;1-3-15-32-28(11-1)23-25-39-42(32)43-33-16-4-2-12-29(33)24-26-40(43)49(39)31-14-9-13-30(27-31)46-47-38-21-7-5-18-36(38)44(48-46)37-20-10-19-35-34-17-6-8-22-41(34)50-45(35)37/h1-29H;1-27H. The number of fused-ring (bicyclic) bond motifs is 23. The lowest BCUT2D eigenvalue weighted by Gasteiger charge is -2.15. The lowest BCUT2D eigenvalue weighted by molar-refractivity contribution is 0.670. The van der Waals surface area contributed by atoms with E-state index in [9.17, 15) is 0 Å². The van der Waals surface area contributed by atoms with Gasteiger partial charge in [0.05, 0.1) is 50.2 Å². The summed E-state index contributed by atoms with van der Waals surface area (Å²) in [5.41, 5.74) is 16.3. The third-order valence-corrected chi connectivity index (χ3v) is 22.5. The largest absolute Gasteiger partial charge is 0.455 e. The Hall–Kier alpha value is -13.7. The van der Waals surface area contributed by atoms with Crippen molar-refractivity contribution in [3.8, 4) is 56.7 Å². The molecule has 6 aromatic heterocycles. The van der Waals surface area contributed by atoms with E-state index in [0.29, 0.717) is 5.82 Å². The molecule has 0 N–H and O–H groups in total. The molecule has 104 heavy (non-hydrogen) atoms. The second-order valence-corrected chi connectivity index (χ2v) is 28.1. The highest BCUT2D eigenvalue weighted by Crippen LogP contribution is 2.47. The molecule has 8 heteroatoms. The number of benzene rings is 17. The van der Waals surface area contributed by atoms with Crippen molar-refractivity contribution in [2.75, 3.05) is 0 Å². The molecule has 0 bridgehead atoms. The first-order valence-electron chi connectivity index (χ1n) is 35.2. The average Bonchev–Trinajstić information content (AvgIpc) is 1.56. The number of thiophene rings is 1. The number of hydrogen-bond acceptors (Lipinski definition) is 6. The minimum Gasteiger partial charge on any atom is -0.455 e. The van der Waals surface area contributed by atoms with Crippen LogP contribution >= 0.6 is 11.3 Å². The molecule has 0 saturated heterocycles. The molecule has 0 atom stereocenters. The fourth-order valence-electron chi connectivity index (χ4n) is 16.7. The van der Waals surface area contributed by atoms with Gasteiger partial charge in [-0.1, -0.05) is 255 Å². The molecule has 17 aromatic carbocycles. The third-order valence-electron chi connectivity index (χ3n) is 21.4. The molecule has 6 heterocycles. The minimum absolute atomic E-state index is 0.672. The van der Waals surface area contributed by atoms with E-state index in [-0.39, 0.29) is 0 Å². The van der Waals surface area contributed by atoms with Gasteiger partial charge in [-0.15, -0.1) is 11.3 Å². The van der Waals surface area contributed by atoms with Crippen molar-refractivity contribution in [2.24, 2.45) is 0 Å². The fraction of sp³-hybridized carbons (Fsp3) is 0. The van der Waals surface area contributed by atoms with E-state index in [2.05, 4.69) is 325 Å². The zero-order chi connectivity index (χ0) is 68.1. The normalized spacial score (nSPS) is 12.0. The summed E-state index contributed by atoms with van der Waals surface area (Å²) in [5, 5.41) is 24.2. The van der Waals surface area contributed by atoms with Crippen molar-refractivity contribution in [1.29, 1.82) is 0 Å². The summed E-state index contributed by atoms with van der Waals surface area (Å²) in [5.74, 6) is 1.40. The van der Waals surface area contributed by atoms with Crippen LogP contribution in [-0.4, -0.2) is 29.1 Å². The van der Waals surface area contributed by atoms with Crippen LogP contribution in [0.25, 0.3) is 218 Å². The number of nitrogens with zero attached hydrogens (tertiary/aromatic N) is 6. The van der Waals surface area contributed by atoms with Crippen LogP contribution in [0.4, 0.5) is 0 Å². The number of hydrogen-bond donors (Lipinski definition) is 0. The van der Waals surface area contributed by atoms with Crippen LogP contribution in [0.1, 0.15) is 0 Å². The highest BCUT2D eigenvalue weighted by Gasteiger charge is 2.24. The van der Waals surface area contributed by atoms with E-state index in [1.807, 2.05) is 35.6 Å². The Bertz CT molecular complexity index is 7400. The first-order valence-corrected chi connectivity index (χ1v) is 36.1. The maximum absolute atomic E-state index is 6.48. The molecule has 0 unspecified atom stereocenters. The molecule has 23 rings (SSSR count). The van der Waals surface area contributed by atoms with E-state index in [1.54, 1.807) is 0 Å². The van der Waals surface area contributed by atoms with Crippen molar-refractivity contribution in [1.82, 2.24) is 29.1 Å². The van der Waals surface area contributed by atoms with Crippen LogP contribution in [0.2, 0.25) is 0 Å². The van der Waals surface area contributed by atoms with Crippen molar-refractivity contribution < 1.29 is 4.42 Å². The number of rotatable bonds is 6. The van der Waals surface area contributed by atoms with Crippen LogP contribution in [0.15, 0.2) is 344 Å². The molecule has 0 fully saturated rings. The van der Waals surface area contributed by atoms with Gasteiger partial charge in [0.15, 0.2) is 11.6 Å². The molecular formula is C96H56N6OS. The second kappa shape index (κ2) is 22.9. The summed E-state index contributed by atoms with van der Waals surface area (Å²) in [4.78, 5) is 21.1. The van der Waals surface area contributed by atoms with E-state index < -0.39 is 0 Å². The first-order chi connectivity index (χ1) is 51.6. The van der Waals surface area contributed by atoms with Gasteiger partial charge >= 0.3 is 0 Å². The van der Waals surface area contributed by atoms with Crippen molar-refractivity contribution in [3.05, 3.63) is 340 Å². The van der Waals surface area contributed by atoms with Gasteiger partial charge in [0.25, 0.3) is 0 Å². The van der Waals surface area contributed by atoms with E-state index in [1.165, 1.54) is 107 Å². The first kappa shape index (κ1) is 58.2. The Labute approximate surface area is 598 Å². The smallest absolute Gasteiger partial charge is 0.161 e. The SMILES string of the molecule is c1cc(-c2nc(-c3cccc4c3oc3ccccc34)c3ccccc3n2)cc(-n2c3ccc4ccccc4c3c3c4ccccc4ccc32)c1.c1ccc2c(c1)ccc1c2c2c3ccccc3ccc2n1-c1ccc(-c2nc(-c3ccc4c(c3)sc3ccccc34)c3ccccc3n2)c2ccccc12. The molecule has 0 amide bonds. The summed E-state index contributed by atoms with van der Waals surface area (Å²) in [6.07, 6.45) is 0. The summed E-state index contributed by atoms with van der Waals surface area (Å²) >= 11 is 1.84. The monoisotopic (exact) mass is 1340 g/mol. The van der Waals surface area contributed by atoms with Gasteiger partial charge in [0.1, 0.15) is 11.2 Å². The van der Waals surface area contributed by atoms with Crippen molar-refractivity contribution in [3.63, 3.8) is 0 Å². The van der Waals surface area contributed by atoms with Crippen LogP contribution in [-0.2, 0) is 0 Å². The number of furan rings is 1. The average molecular weight is 1340 g/mol. The lowest BCUT2D eigenvalue weighted by atomic mass is 10.00. The zero-order valence-corrected chi connectivity index (χ0v) is 56.6. The molecule has 0 aliphatic heterocycles. The molecule has 23 aromatic rings. The fourth-order valence-corrected chi connectivity index (χ4v) is 17.9.